The Morgan fingerprint density at radius 1 is 1.40 bits per heavy atom. The SMILES string of the molecule is CCCC(C)NC(=O)CNC(C)C1CC1. The zero-order valence-electron chi connectivity index (χ0n) is 10.2. The van der Waals surface area contributed by atoms with Crippen molar-refractivity contribution in [2.45, 2.75) is 58.5 Å². The van der Waals surface area contributed by atoms with Gasteiger partial charge < -0.3 is 10.6 Å². The third-order valence-electron chi connectivity index (χ3n) is 3.04. The standard InChI is InChI=1S/C12H24N2O/c1-4-5-9(2)14-12(15)8-13-10(3)11-6-7-11/h9-11,13H,4-8H2,1-3H3,(H,14,15). The molecular formula is C12H24N2O. The Labute approximate surface area is 93.0 Å². The molecule has 0 bridgehead atoms. The van der Waals surface area contributed by atoms with Gasteiger partial charge in [-0.05, 0) is 39.0 Å². The van der Waals surface area contributed by atoms with Crippen molar-refractivity contribution in [3.8, 4) is 0 Å². The van der Waals surface area contributed by atoms with Crippen LogP contribution in [-0.4, -0.2) is 24.5 Å². The number of hydrogen-bond acceptors (Lipinski definition) is 2. The zero-order chi connectivity index (χ0) is 11.3. The molecule has 1 aliphatic rings. The molecule has 0 heterocycles. The van der Waals surface area contributed by atoms with Crippen molar-refractivity contribution in [2.75, 3.05) is 6.54 Å². The normalized spacial score (nSPS) is 19.7. The second-order valence-corrected chi connectivity index (χ2v) is 4.76. The molecule has 2 atom stereocenters. The summed E-state index contributed by atoms with van der Waals surface area (Å²) in [7, 11) is 0. The molecule has 3 heteroatoms. The summed E-state index contributed by atoms with van der Waals surface area (Å²) in [5, 5.41) is 6.27. The van der Waals surface area contributed by atoms with E-state index in [9.17, 15) is 4.79 Å². The molecule has 1 saturated carbocycles. The number of nitrogens with one attached hydrogen (secondary N) is 2. The summed E-state index contributed by atoms with van der Waals surface area (Å²) in [6.45, 7) is 6.83. The molecular weight excluding hydrogens is 188 g/mol. The first-order chi connectivity index (χ1) is 7.13. The molecule has 0 aromatic heterocycles. The van der Waals surface area contributed by atoms with E-state index < -0.39 is 0 Å². The maximum absolute atomic E-state index is 11.5. The minimum absolute atomic E-state index is 0.128. The van der Waals surface area contributed by atoms with Crippen LogP contribution < -0.4 is 10.6 Å². The lowest BCUT2D eigenvalue weighted by molar-refractivity contribution is -0.121. The van der Waals surface area contributed by atoms with E-state index >= 15 is 0 Å². The Hall–Kier alpha value is -0.570. The van der Waals surface area contributed by atoms with Gasteiger partial charge in [-0.3, -0.25) is 4.79 Å². The maximum atomic E-state index is 11.5. The molecule has 0 radical (unpaired) electrons. The summed E-state index contributed by atoms with van der Waals surface area (Å²) in [4.78, 5) is 11.5. The van der Waals surface area contributed by atoms with Gasteiger partial charge in [0.25, 0.3) is 0 Å². The minimum Gasteiger partial charge on any atom is -0.353 e. The predicted octanol–water partition coefficient (Wildman–Crippen LogP) is 1.68. The van der Waals surface area contributed by atoms with Crippen molar-refractivity contribution in [1.82, 2.24) is 10.6 Å². The summed E-state index contributed by atoms with van der Waals surface area (Å²) < 4.78 is 0. The number of rotatable bonds is 7. The largest absolute Gasteiger partial charge is 0.353 e. The van der Waals surface area contributed by atoms with Crippen LogP contribution in [-0.2, 0) is 4.79 Å². The zero-order valence-corrected chi connectivity index (χ0v) is 10.2. The summed E-state index contributed by atoms with van der Waals surface area (Å²) in [5.74, 6) is 0.939. The van der Waals surface area contributed by atoms with Crippen molar-refractivity contribution in [2.24, 2.45) is 5.92 Å². The van der Waals surface area contributed by atoms with Gasteiger partial charge in [0, 0.05) is 12.1 Å². The van der Waals surface area contributed by atoms with Gasteiger partial charge in [-0.15, -0.1) is 0 Å². The third kappa shape index (κ3) is 5.17. The first kappa shape index (κ1) is 12.5. The topological polar surface area (TPSA) is 41.1 Å². The summed E-state index contributed by atoms with van der Waals surface area (Å²) in [5.41, 5.74) is 0. The smallest absolute Gasteiger partial charge is 0.234 e. The van der Waals surface area contributed by atoms with Crippen molar-refractivity contribution >= 4 is 5.91 Å². The van der Waals surface area contributed by atoms with Crippen LogP contribution in [0.5, 0.6) is 0 Å². The van der Waals surface area contributed by atoms with E-state index in [1.807, 2.05) is 0 Å². The number of amides is 1. The highest BCUT2D eigenvalue weighted by atomic mass is 16.1. The highest BCUT2D eigenvalue weighted by molar-refractivity contribution is 5.78. The van der Waals surface area contributed by atoms with E-state index in [-0.39, 0.29) is 5.91 Å². The Morgan fingerprint density at radius 2 is 2.07 bits per heavy atom. The van der Waals surface area contributed by atoms with Crippen LogP contribution in [0.1, 0.15) is 46.5 Å². The quantitative estimate of drug-likeness (QED) is 0.674. The Balaban J connectivity index is 2.06. The number of carbonyl (C=O) groups is 1. The predicted molar refractivity (Wildman–Crippen MR) is 62.7 cm³/mol. The van der Waals surface area contributed by atoms with Gasteiger partial charge in [-0.1, -0.05) is 13.3 Å². The van der Waals surface area contributed by atoms with Crippen LogP contribution in [0, 0.1) is 5.92 Å². The van der Waals surface area contributed by atoms with E-state index in [1.165, 1.54) is 12.8 Å². The minimum atomic E-state index is 0.128. The molecule has 1 rings (SSSR count). The van der Waals surface area contributed by atoms with E-state index in [4.69, 9.17) is 0 Å². The van der Waals surface area contributed by atoms with E-state index in [2.05, 4.69) is 31.4 Å². The number of hydrogen-bond donors (Lipinski definition) is 2. The van der Waals surface area contributed by atoms with Gasteiger partial charge in [-0.2, -0.15) is 0 Å². The molecule has 0 aromatic carbocycles. The molecule has 0 saturated heterocycles. The lowest BCUT2D eigenvalue weighted by atomic mass is 10.2. The van der Waals surface area contributed by atoms with Crippen molar-refractivity contribution in [3.63, 3.8) is 0 Å². The summed E-state index contributed by atoms with van der Waals surface area (Å²) in [6.07, 6.45) is 4.82. The third-order valence-corrected chi connectivity index (χ3v) is 3.04. The second-order valence-electron chi connectivity index (χ2n) is 4.76. The molecule has 15 heavy (non-hydrogen) atoms. The van der Waals surface area contributed by atoms with Crippen LogP contribution in [0.4, 0.5) is 0 Å². The molecule has 88 valence electrons. The lowest BCUT2D eigenvalue weighted by Crippen LogP contribution is -2.42. The van der Waals surface area contributed by atoms with Crippen LogP contribution >= 0.6 is 0 Å². The Bertz CT molecular complexity index is 202. The summed E-state index contributed by atoms with van der Waals surface area (Å²) >= 11 is 0. The lowest BCUT2D eigenvalue weighted by Gasteiger charge is -2.15. The molecule has 2 unspecified atom stereocenters. The summed E-state index contributed by atoms with van der Waals surface area (Å²) in [6, 6.07) is 0.803. The highest BCUT2D eigenvalue weighted by Crippen LogP contribution is 2.32. The van der Waals surface area contributed by atoms with E-state index in [0.717, 1.165) is 18.8 Å². The second kappa shape index (κ2) is 6.11. The maximum Gasteiger partial charge on any atom is 0.234 e. The van der Waals surface area contributed by atoms with Gasteiger partial charge in [0.2, 0.25) is 5.91 Å². The fraction of sp³-hybridized carbons (Fsp3) is 0.917. The first-order valence-electron chi connectivity index (χ1n) is 6.16. The van der Waals surface area contributed by atoms with E-state index in [0.29, 0.717) is 18.6 Å². The molecule has 0 aliphatic heterocycles. The molecule has 1 amide bonds. The Morgan fingerprint density at radius 3 is 2.60 bits per heavy atom. The van der Waals surface area contributed by atoms with Gasteiger partial charge in [0.05, 0.1) is 6.54 Å². The number of carbonyl (C=O) groups excluding carboxylic acids is 1. The molecule has 1 fully saturated rings. The van der Waals surface area contributed by atoms with Gasteiger partial charge in [0.15, 0.2) is 0 Å². The van der Waals surface area contributed by atoms with Gasteiger partial charge in [-0.25, -0.2) is 0 Å². The molecule has 3 nitrogen and oxygen atoms in total. The van der Waals surface area contributed by atoms with Crippen molar-refractivity contribution < 1.29 is 4.79 Å². The fourth-order valence-corrected chi connectivity index (χ4v) is 1.85. The first-order valence-corrected chi connectivity index (χ1v) is 6.16. The average Bonchev–Trinajstić information content (AvgIpc) is 2.97. The van der Waals surface area contributed by atoms with Crippen molar-refractivity contribution in [3.05, 3.63) is 0 Å². The van der Waals surface area contributed by atoms with E-state index in [1.54, 1.807) is 0 Å². The Kier molecular flexibility index (Phi) is 5.09. The van der Waals surface area contributed by atoms with Crippen LogP contribution in [0.15, 0.2) is 0 Å². The van der Waals surface area contributed by atoms with Gasteiger partial charge in [0.1, 0.15) is 0 Å². The molecule has 1 aliphatic carbocycles. The van der Waals surface area contributed by atoms with Crippen molar-refractivity contribution in [1.29, 1.82) is 0 Å². The molecule has 0 aromatic rings. The molecule has 0 spiro atoms. The molecule has 2 N–H and O–H groups in total. The van der Waals surface area contributed by atoms with Crippen LogP contribution in [0.2, 0.25) is 0 Å². The highest BCUT2D eigenvalue weighted by Gasteiger charge is 2.27. The monoisotopic (exact) mass is 212 g/mol. The van der Waals surface area contributed by atoms with Crippen LogP contribution in [0.25, 0.3) is 0 Å². The fourth-order valence-electron chi connectivity index (χ4n) is 1.85. The van der Waals surface area contributed by atoms with Gasteiger partial charge >= 0.3 is 0 Å². The average molecular weight is 212 g/mol. The van der Waals surface area contributed by atoms with Crippen LogP contribution in [0.3, 0.4) is 0 Å².